The van der Waals surface area contributed by atoms with Crippen LogP contribution in [-0.4, -0.2) is 23.7 Å². The van der Waals surface area contributed by atoms with Crippen LogP contribution in [0.15, 0.2) is 11.6 Å². The van der Waals surface area contributed by atoms with Gasteiger partial charge in [-0.15, -0.1) is 11.3 Å². The molecule has 1 aromatic rings. The van der Waals surface area contributed by atoms with E-state index in [1.54, 1.807) is 17.5 Å². The van der Waals surface area contributed by atoms with Crippen molar-refractivity contribution in [2.45, 2.75) is 26.4 Å². The fraction of sp³-hybridized carbons (Fsp3) is 0.556. The molecule has 1 aromatic heterocycles. The molecule has 0 aromatic carbocycles. The second-order valence-corrected chi connectivity index (χ2v) is 4.04. The van der Waals surface area contributed by atoms with E-state index in [9.17, 15) is 4.79 Å². The van der Waals surface area contributed by atoms with E-state index in [1.807, 2.05) is 19.2 Å². The van der Waals surface area contributed by atoms with Gasteiger partial charge in [-0.3, -0.25) is 0 Å². The van der Waals surface area contributed by atoms with E-state index in [2.05, 4.69) is 10.3 Å². The minimum atomic E-state index is -0.364. The van der Waals surface area contributed by atoms with E-state index in [0.717, 1.165) is 11.4 Å². The number of alkyl carbamates (subject to hydrolysis) is 1. The number of ether oxygens (including phenoxy) is 1. The van der Waals surface area contributed by atoms with Crippen LogP contribution in [0.4, 0.5) is 4.79 Å². The van der Waals surface area contributed by atoms with E-state index in [4.69, 9.17) is 4.74 Å². The molecule has 0 spiro atoms. The predicted octanol–water partition coefficient (Wildman–Crippen LogP) is 1.82. The number of carbonyl (C=O) groups excluding carboxylic acids is 1. The van der Waals surface area contributed by atoms with Crippen molar-refractivity contribution in [3.8, 4) is 0 Å². The molecule has 0 bridgehead atoms. The van der Waals surface area contributed by atoms with Gasteiger partial charge in [0.05, 0.1) is 11.1 Å². The predicted molar refractivity (Wildman–Crippen MR) is 55.4 cm³/mol. The topological polar surface area (TPSA) is 51.2 Å². The zero-order valence-corrected chi connectivity index (χ0v) is 9.13. The van der Waals surface area contributed by atoms with Gasteiger partial charge in [0, 0.05) is 24.5 Å². The molecule has 1 N–H and O–H groups in total. The maximum atomic E-state index is 11.0. The molecule has 0 atom stereocenters. The van der Waals surface area contributed by atoms with Crippen molar-refractivity contribution in [3.63, 3.8) is 0 Å². The van der Waals surface area contributed by atoms with Crippen molar-refractivity contribution in [1.82, 2.24) is 10.3 Å². The van der Waals surface area contributed by atoms with Gasteiger partial charge >= 0.3 is 6.09 Å². The first-order valence-corrected chi connectivity index (χ1v) is 5.39. The molecule has 0 aliphatic rings. The van der Waals surface area contributed by atoms with E-state index in [1.165, 1.54) is 0 Å². The highest BCUT2D eigenvalue weighted by Gasteiger charge is 2.03. The normalized spacial score (nSPS) is 10.2. The van der Waals surface area contributed by atoms with Gasteiger partial charge in [-0.25, -0.2) is 9.78 Å². The zero-order chi connectivity index (χ0) is 10.4. The summed E-state index contributed by atoms with van der Waals surface area (Å²) >= 11 is 1.59. The molecule has 0 saturated carbocycles. The highest BCUT2D eigenvalue weighted by atomic mass is 32.1. The van der Waals surface area contributed by atoms with Crippen molar-refractivity contribution >= 4 is 17.4 Å². The van der Waals surface area contributed by atoms with E-state index < -0.39 is 0 Å². The molecule has 0 aliphatic heterocycles. The first-order valence-electron chi connectivity index (χ1n) is 4.51. The lowest BCUT2D eigenvalue weighted by molar-refractivity contribution is 0.116. The van der Waals surface area contributed by atoms with Gasteiger partial charge in [0.25, 0.3) is 0 Å². The van der Waals surface area contributed by atoms with Crippen molar-refractivity contribution in [2.24, 2.45) is 0 Å². The zero-order valence-electron chi connectivity index (χ0n) is 8.32. The van der Waals surface area contributed by atoms with E-state index in [-0.39, 0.29) is 12.2 Å². The summed E-state index contributed by atoms with van der Waals surface area (Å²) in [6.45, 7) is 4.21. The number of hydrogen-bond acceptors (Lipinski definition) is 4. The lowest BCUT2D eigenvalue weighted by atomic mass is 10.4. The molecule has 1 amide bonds. The van der Waals surface area contributed by atoms with Gasteiger partial charge in [-0.05, 0) is 13.8 Å². The fourth-order valence-corrected chi connectivity index (χ4v) is 1.52. The van der Waals surface area contributed by atoms with Crippen LogP contribution in [0.2, 0.25) is 0 Å². The van der Waals surface area contributed by atoms with Crippen LogP contribution in [0, 0.1) is 0 Å². The van der Waals surface area contributed by atoms with Crippen LogP contribution in [0.5, 0.6) is 0 Å². The van der Waals surface area contributed by atoms with Crippen molar-refractivity contribution in [2.75, 3.05) is 6.54 Å². The summed E-state index contributed by atoms with van der Waals surface area (Å²) in [7, 11) is 0. The number of hydrogen-bond donors (Lipinski definition) is 1. The summed E-state index contributed by atoms with van der Waals surface area (Å²) in [6.07, 6.45) is 2.07. The van der Waals surface area contributed by atoms with Crippen LogP contribution < -0.4 is 5.32 Å². The standard InChI is InChI=1S/C9H14N2O2S/c1-7(2)13-9(12)11-4-3-8-10-5-6-14-8/h5-7H,3-4H2,1-2H3,(H,11,12). The molecule has 0 fully saturated rings. The molecule has 5 heteroatoms. The number of carbonyl (C=O) groups is 1. The third-order valence-electron chi connectivity index (χ3n) is 1.43. The Kier molecular flexibility index (Phi) is 4.39. The number of amides is 1. The summed E-state index contributed by atoms with van der Waals surface area (Å²) in [5.41, 5.74) is 0. The van der Waals surface area contributed by atoms with Gasteiger partial charge in [-0.2, -0.15) is 0 Å². The van der Waals surface area contributed by atoms with E-state index >= 15 is 0 Å². The third-order valence-corrected chi connectivity index (χ3v) is 2.27. The molecule has 4 nitrogen and oxygen atoms in total. The second kappa shape index (κ2) is 5.59. The van der Waals surface area contributed by atoms with Gasteiger partial charge in [0.1, 0.15) is 0 Å². The Balaban J connectivity index is 2.12. The molecule has 0 aliphatic carbocycles. The Hall–Kier alpha value is -1.10. The van der Waals surface area contributed by atoms with Gasteiger partial charge in [-0.1, -0.05) is 0 Å². The average Bonchev–Trinajstić information content (AvgIpc) is 2.55. The number of nitrogens with one attached hydrogen (secondary N) is 1. The number of aromatic nitrogens is 1. The van der Waals surface area contributed by atoms with Gasteiger partial charge in [0.15, 0.2) is 0 Å². The Morgan fingerprint density at radius 2 is 2.50 bits per heavy atom. The van der Waals surface area contributed by atoms with Gasteiger partial charge < -0.3 is 10.1 Å². The highest BCUT2D eigenvalue weighted by molar-refractivity contribution is 7.09. The minimum absolute atomic E-state index is 0.0742. The second-order valence-electron chi connectivity index (χ2n) is 3.06. The Morgan fingerprint density at radius 3 is 3.07 bits per heavy atom. The molecule has 1 heterocycles. The molecule has 0 unspecified atom stereocenters. The van der Waals surface area contributed by atoms with Crippen LogP contribution in [0.3, 0.4) is 0 Å². The molecular formula is C9H14N2O2S. The van der Waals surface area contributed by atoms with E-state index in [0.29, 0.717) is 6.54 Å². The molecule has 0 radical (unpaired) electrons. The molecular weight excluding hydrogens is 200 g/mol. The van der Waals surface area contributed by atoms with Crippen LogP contribution in [0.25, 0.3) is 0 Å². The fourth-order valence-electron chi connectivity index (χ4n) is 0.904. The minimum Gasteiger partial charge on any atom is -0.447 e. The summed E-state index contributed by atoms with van der Waals surface area (Å²) in [6, 6.07) is 0. The SMILES string of the molecule is CC(C)OC(=O)NCCc1nccs1. The first kappa shape index (κ1) is 11.0. The maximum absolute atomic E-state index is 11.0. The van der Waals surface area contributed by atoms with Gasteiger partial charge in [0.2, 0.25) is 0 Å². The number of rotatable bonds is 4. The average molecular weight is 214 g/mol. The van der Waals surface area contributed by atoms with Crippen molar-refractivity contribution in [3.05, 3.63) is 16.6 Å². The highest BCUT2D eigenvalue weighted by Crippen LogP contribution is 2.03. The molecule has 78 valence electrons. The van der Waals surface area contributed by atoms with Crippen molar-refractivity contribution in [1.29, 1.82) is 0 Å². The third kappa shape index (κ3) is 4.23. The lowest BCUT2D eigenvalue weighted by Gasteiger charge is -2.08. The first-order chi connectivity index (χ1) is 6.68. The van der Waals surface area contributed by atoms with Crippen LogP contribution >= 0.6 is 11.3 Å². The summed E-state index contributed by atoms with van der Waals surface area (Å²) < 4.78 is 4.90. The summed E-state index contributed by atoms with van der Waals surface area (Å²) in [5, 5.41) is 5.60. The molecule has 0 saturated heterocycles. The van der Waals surface area contributed by atoms with Crippen molar-refractivity contribution < 1.29 is 9.53 Å². The molecule has 1 rings (SSSR count). The molecule has 14 heavy (non-hydrogen) atoms. The summed E-state index contributed by atoms with van der Waals surface area (Å²) in [5.74, 6) is 0. The number of thiazole rings is 1. The summed E-state index contributed by atoms with van der Waals surface area (Å²) in [4.78, 5) is 15.1. The monoisotopic (exact) mass is 214 g/mol. The smallest absolute Gasteiger partial charge is 0.407 e. The Morgan fingerprint density at radius 1 is 1.71 bits per heavy atom. The Bertz CT molecular complexity index is 272. The Labute approximate surface area is 87.3 Å². The van der Waals surface area contributed by atoms with Crippen LogP contribution in [0.1, 0.15) is 18.9 Å². The maximum Gasteiger partial charge on any atom is 0.407 e. The number of nitrogens with zero attached hydrogens (tertiary/aromatic N) is 1. The largest absolute Gasteiger partial charge is 0.447 e. The lowest BCUT2D eigenvalue weighted by Crippen LogP contribution is -2.28. The van der Waals surface area contributed by atoms with Crippen LogP contribution in [-0.2, 0) is 11.2 Å². The quantitative estimate of drug-likeness (QED) is 0.831.